The van der Waals surface area contributed by atoms with Gasteiger partial charge in [0.1, 0.15) is 6.79 Å². The van der Waals surface area contributed by atoms with Crippen molar-refractivity contribution in [2.24, 2.45) is 10.8 Å². The van der Waals surface area contributed by atoms with Crippen molar-refractivity contribution in [3.05, 3.63) is 0 Å². The summed E-state index contributed by atoms with van der Waals surface area (Å²) in [7, 11) is 0. The van der Waals surface area contributed by atoms with Gasteiger partial charge in [-0.3, -0.25) is 0 Å². The Kier molecular flexibility index (Phi) is 3.54. The molecule has 1 spiro atoms. The Morgan fingerprint density at radius 2 is 1.62 bits per heavy atom. The first-order valence-corrected chi connectivity index (χ1v) is 5.97. The summed E-state index contributed by atoms with van der Waals surface area (Å²) >= 11 is 0. The van der Waals surface area contributed by atoms with E-state index in [1.165, 1.54) is 0 Å². The maximum Gasteiger partial charge on any atom is 0.162 e. The van der Waals surface area contributed by atoms with Gasteiger partial charge in [0.2, 0.25) is 0 Å². The molecular formula is C12H22O4. The van der Waals surface area contributed by atoms with E-state index in [0.29, 0.717) is 33.2 Å². The molecule has 2 heterocycles. The molecule has 0 N–H and O–H groups in total. The lowest BCUT2D eigenvalue weighted by Gasteiger charge is -2.45. The van der Waals surface area contributed by atoms with Crippen LogP contribution in [0.2, 0.25) is 0 Å². The Labute approximate surface area is 97.2 Å². The molecule has 2 aliphatic heterocycles. The standard InChI is InChI=1S/C12H22O4/c1-4-11(2,3)10-15-7-12(8-16-10)5-13-9-14-6-12/h10H,4-9H2,1-3H3. The predicted octanol–water partition coefficient (Wildman–Crippen LogP) is 1.79. The average Bonchev–Trinajstić information content (AvgIpc) is 2.31. The molecule has 0 saturated carbocycles. The third-order valence-corrected chi connectivity index (χ3v) is 3.61. The monoisotopic (exact) mass is 230 g/mol. The van der Waals surface area contributed by atoms with E-state index >= 15 is 0 Å². The Balaban J connectivity index is 1.91. The van der Waals surface area contributed by atoms with Crippen LogP contribution in [0.25, 0.3) is 0 Å². The summed E-state index contributed by atoms with van der Waals surface area (Å²) in [6, 6.07) is 0. The lowest BCUT2D eigenvalue weighted by atomic mass is 9.86. The minimum atomic E-state index is -0.106. The summed E-state index contributed by atoms with van der Waals surface area (Å²) in [5, 5.41) is 0. The van der Waals surface area contributed by atoms with Crippen LogP contribution in [0.4, 0.5) is 0 Å². The molecule has 2 fully saturated rings. The van der Waals surface area contributed by atoms with Crippen molar-refractivity contribution in [2.75, 3.05) is 33.2 Å². The van der Waals surface area contributed by atoms with Crippen LogP contribution < -0.4 is 0 Å². The molecule has 0 aromatic rings. The Hall–Kier alpha value is -0.160. The Morgan fingerprint density at radius 1 is 1.06 bits per heavy atom. The first kappa shape index (κ1) is 12.3. The van der Waals surface area contributed by atoms with Crippen molar-refractivity contribution >= 4 is 0 Å². The lowest BCUT2D eigenvalue weighted by Crippen LogP contribution is -2.53. The highest BCUT2D eigenvalue weighted by atomic mass is 16.7. The summed E-state index contributed by atoms with van der Waals surface area (Å²) in [5.74, 6) is 0. The van der Waals surface area contributed by atoms with E-state index in [4.69, 9.17) is 18.9 Å². The van der Waals surface area contributed by atoms with Gasteiger partial charge >= 0.3 is 0 Å². The lowest BCUT2D eigenvalue weighted by molar-refractivity contribution is -0.304. The van der Waals surface area contributed by atoms with Crippen molar-refractivity contribution in [3.63, 3.8) is 0 Å². The van der Waals surface area contributed by atoms with Crippen LogP contribution in [0.15, 0.2) is 0 Å². The van der Waals surface area contributed by atoms with Crippen LogP contribution in [0.5, 0.6) is 0 Å². The van der Waals surface area contributed by atoms with Gasteiger partial charge in [0.25, 0.3) is 0 Å². The van der Waals surface area contributed by atoms with Crippen LogP contribution in [0.1, 0.15) is 27.2 Å². The molecule has 16 heavy (non-hydrogen) atoms. The minimum absolute atomic E-state index is 0.0675. The van der Waals surface area contributed by atoms with E-state index in [-0.39, 0.29) is 17.1 Å². The molecule has 0 bridgehead atoms. The normalized spacial score (nSPS) is 27.2. The molecule has 2 aliphatic rings. The summed E-state index contributed by atoms with van der Waals surface area (Å²) in [6.45, 7) is 9.57. The van der Waals surface area contributed by atoms with Crippen LogP contribution in [0, 0.1) is 10.8 Å². The third-order valence-electron chi connectivity index (χ3n) is 3.61. The number of rotatable bonds is 2. The second-order valence-corrected chi connectivity index (χ2v) is 5.61. The largest absolute Gasteiger partial charge is 0.355 e. The van der Waals surface area contributed by atoms with Crippen LogP contribution in [-0.4, -0.2) is 39.5 Å². The van der Waals surface area contributed by atoms with Gasteiger partial charge in [-0.25, -0.2) is 0 Å². The maximum absolute atomic E-state index is 5.84. The van der Waals surface area contributed by atoms with Crippen molar-refractivity contribution in [2.45, 2.75) is 33.5 Å². The molecule has 2 rings (SSSR count). The van der Waals surface area contributed by atoms with Crippen molar-refractivity contribution in [1.82, 2.24) is 0 Å². The van der Waals surface area contributed by atoms with Crippen LogP contribution >= 0.6 is 0 Å². The summed E-state index contributed by atoms with van der Waals surface area (Å²) in [4.78, 5) is 0. The van der Waals surface area contributed by atoms with Crippen LogP contribution in [0.3, 0.4) is 0 Å². The fraction of sp³-hybridized carbons (Fsp3) is 1.00. The maximum atomic E-state index is 5.84. The van der Waals surface area contributed by atoms with Crippen molar-refractivity contribution in [1.29, 1.82) is 0 Å². The molecule has 4 heteroatoms. The summed E-state index contributed by atoms with van der Waals surface area (Å²) < 4.78 is 22.3. The van der Waals surface area contributed by atoms with Gasteiger partial charge in [0, 0.05) is 5.41 Å². The smallest absolute Gasteiger partial charge is 0.162 e. The third kappa shape index (κ3) is 2.40. The van der Waals surface area contributed by atoms with E-state index in [1.54, 1.807) is 0 Å². The van der Waals surface area contributed by atoms with E-state index in [1.807, 2.05) is 0 Å². The molecule has 0 amide bonds. The van der Waals surface area contributed by atoms with Gasteiger partial charge in [0.05, 0.1) is 31.8 Å². The summed E-state index contributed by atoms with van der Waals surface area (Å²) in [5.41, 5.74) is -0.0173. The molecule has 0 atom stereocenters. The Morgan fingerprint density at radius 3 is 2.12 bits per heavy atom. The molecule has 0 aromatic heterocycles. The zero-order chi connectivity index (χ0) is 11.6. The fourth-order valence-electron chi connectivity index (χ4n) is 2.00. The van der Waals surface area contributed by atoms with Crippen molar-refractivity contribution < 1.29 is 18.9 Å². The van der Waals surface area contributed by atoms with Gasteiger partial charge in [0.15, 0.2) is 6.29 Å². The predicted molar refractivity (Wildman–Crippen MR) is 59.0 cm³/mol. The van der Waals surface area contributed by atoms with Crippen molar-refractivity contribution in [3.8, 4) is 0 Å². The molecular weight excluding hydrogens is 208 g/mol. The summed E-state index contributed by atoms with van der Waals surface area (Å²) in [6.07, 6.45) is 0.933. The average molecular weight is 230 g/mol. The van der Waals surface area contributed by atoms with Gasteiger partial charge in [-0.15, -0.1) is 0 Å². The molecule has 4 nitrogen and oxygen atoms in total. The number of hydrogen-bond donors (Lipinski definition) is 0. The highest BCUT2D eigenvalue weighted by Gasteiger charge is 2.43. The van der Waals surface area contributed by atoms with Gasteiger partial charge in [-0.2, -0.15) is 0 Å². The van der Waals surface area contributed by atoms with E-state index in [9.17, 15) is 0 Å². The van der Waals surface area contributed by atoms with E-state index in [2.05, 4.69) is 20.8 Å². The van der Waals surface area contributed by atoms with Gasteiger partial charge in [-0.05, 0) is 6.42 Å². The molecule has 0 unspecified atom stereocenters. The SMILES string of the molecule is CCC(C)(C)C1OCC2(COCOC2)CO1. The second kappa shape index (κ2) is 4.61. The molecule has 94 valence electrons. The molecule has 0 radical (unpaired) electrons. The highest BCUT2D eigenvalue weighted by molar-refractivity contribution is 4.85. The number of ether oxygens (including phenoxy) is 4. The van der Waals surface area contributed by atoms with Gasteiger partial charge in [-0.1, -0.05) is 20.8 Å². The minimum Gasteiger partial charge on any atom is -0.355 e. The first-order chi connectivity index (χ1) is 7.58. The quantitative estimate of drug-likeness (QED) is 0.724. The first-order valence-electron chi connectivity index (χ1n) is 5.97. The zero-order valence-electron chi connectivity index (χ0n) is 10.5. The molecule has 0 aromatic carbocycles. The Bertz CT molecular complexity index is 223. The highest BCUT2D eigenvalue weighted by Crippen LogP contribution is 2.36. The fourth-order valence-corrected chi connectivity index (χ4v) is 2.00. The van der Waals surface area contributed by atoms with E-state index < -0.39 is 0 Å². The topological polar surface area (TPSA) is 36.9 Å². The molecule has 2 saturated heterocycles. The van der Waals surface area contributed by atoms with Gasteiger partial charge < -0.3 is 18.9 Å². The van der Waals surface area contributed by atoms with Crippen LogP contribution in [-0.2, 0) is 18.9 Å². The van der Waals surface area contributed by atoms with E-state index in [0.717, 1.165) is 6.42 Å². The number of hydrogen-bond acceptors (Lipinski definition) is 4. The zero-order valence-corrected chi connectivity index (χ0v) is 10.5. The molecule has 0 aliphatic carbocycles. The second-order valence-electron chi connectivity index (χ2n) is 5.61.